The molecule has 0 radical (unpaired) electrons. The van der Waals surface area contributed by atoms with Crippen LogP contribution in [-0.4, -0.2) is 78.5 Å². The minimum atomic E-state index is -2.05. The number of carbonyl (C=O) groups excluding carboxylic acids is 4. The molecule has 6 unspecified atom stereocenters. The van der Waals surface area contributed by atoms with Gasteiger partial charge in [0.1, 0.15) is 0 Å². The van der Waals surface area contributed by atoms with E-state index in [0.717, 1.165) is 4.90 Å². The maximum atomic E-state index is 13.9. The van der Waals surface area contributed by atoms with Crippen molar-refractivity contribution in [3.63, 3.8) is 0 Å². The number of ether oxygens (including phenoxy) is 1. The minimum Gasteiger partial charge on any atom is -0.504 e. The summed E-state index contributed by atoms with van der Waals surface area (Å²) >= 11 is 21.0. The van der Waals surface area contributed by atoms with E-state index in [0.29, 0.717) is 29.3 Å². The summed E-state index contributed by atoms with van der Waals surface area (Å²) in [6.07, 6.45) is 3.27. The molecule has 2 aliphatic carbocycles. The number of amides is 4. The predicted octanol–water partition coefficient (Wildman–Crippen LogP) is 4.52. The Kier molecular flexibility index (Phi) is 8.50. The first-order valence-corrected chi connectivity index (χ1v) is 16.1. The van der Waals surface area contributed by atoms with E-state index in [2.05, 4.69) is 31.9 Å². The number of likely N-dealkylation sites (tertiary alicyclic amines) is 2. The summed E-state index contributed by atoms with van der Waals surface area (Å²) in [7, 11) is 1.37. The van der Waals surface area contributed by atoms with E-state index in [9.17, 15) is 29.1 Å². The fraction of sp³-hybridized carbons (Fsp3) is 0.536. The van der Waals surface area contributed by atoms with Gasteiger partial charge in [-0.25, -0.2) is 0 Å². The first kappa shape index (κ1) is 31.3. The van der Waals surface area contributed by atoms with E-state index in [1.54, 1.807) is 18.2 Å². The summed E-state index contributed by atoms with van der Waals surface area (Å²) in [4.78, 5) is 63.8. The van der Waals surface area contributed by atoms with Gasteiger partial charge in [-0.15, -0.1) is 23.2 Å². The lowest BCUT2D eigenvalue weighted by molar-refractivity contribution is -0.141. The number of halogens is 4. The zero-order chi connectivity index (χ0) is 30.7. The number of aromatic hydroxyl groups is 1. The van der Waals surface area contributed by atoms with Gasteiger partial charge in [0.25, 0.3) is 11.8 Å². The van der Waals surface area contributed by atoms with Crippen LogP contribution in [-0.2, 0) is 24.0 Å². The molecule has 10 nitrogen and oxygen atoms in total. The van der Waals surface area contributed by atoms with Crippen LogP contribution < -0.4 is 4.74 Å². The predicted molar refractivity (Wildman–Crippen MR) is 159 cm³/mol. The molecule has 6 atom stereocenters. The summed E-state index contributed by atoms with van der Waals surface area (Å²) < 4.78 is 5.87. The van der Waals surface area contributed by atoms with Crippen LogP contribution in [0.15, 0.2) is 28.3 Å². The second-order valence-electron chi connectivity index (χ2n) is 11.1. The average Bonchev–Trinajstić information content (AvgIpc) is 3.27. The highest BCUT2D eigenvalue weighted by Gasteiger charge is 2.76. The molecule has 4 amide bonds. The Morgan fingerprint density at radius 2 is 1.79 bits per heavy atom. The summed E-state index contributed by atoms with van der Waals surface area (Å²) in [6.45, 7) is 0.152. The van der Waals surface area contributed by atoms with Crippen molar-refractivity contribution in [1.29, 1.82) is 0 Å². The molecular formula is C28H28Br2Cl2N2O8. The van der Waals surface area contributed by atoms with Crippen molar-refractivity contribution in [2.75, 3.05) is 19.1 Å². The summed E-state index contributed by atoms with van der Waals surface area (Å²) in [5.74, 6) is -6.64. The third-order valence-corrected chi connectivity index (χ3v) is 11.4. The number of carboxylic acid groups (broad SMARTS) is 1. The van der Waals surface area contributed by atoms with Crippen molar-refractivity contribution in [2.45, 2.75) is 54.2 Å². The number of hydrogen-bond donors (Lipinski definition) is 2. The summed E-state index contributed by atoms with van der Waals surface area (Å²) in [5, 5.41) is 20.2. The van der Waals surface area contributed by atoms with Crippen LogP contribution >= 0.6 is 55.1 Å². The maximum absolute atomic E-state index is 13.9. The number of carbonyl (C=O) groups is 5. The van der Waals surface area contributed by atoms with E-state index in [1.807, 2.05) is 0 Å². The van der Waals surface area contributed by atoms with E-state index < -0.39 is 57.1 Å². The Morgan fingerprint density at radius 3 is 2.43 bits per heavy atom. The zero-order valence-electron chi connectivity index (χ0n) is 22.4. The fourth-order valence-electron chi connectivity index (χ4n) is 7.08. The molecule has 0 spiro atoms. The molecule has 2 N–H and O–H groups in total. The second kappa shape index (κ2) is 11.4. The van der Waals surface area contributed by atoms with Gasteiger partial charge in [0.05, 0.1) is 24.4 Å². The highest BCUT2D eigenvalue weighted by Crippen LogP contribution is 2.66. The Balaban J connectivity index is 1.59. The molecule has 5 rings (SSSR count). The van der Waals surface area contributed by atoms with Gasteiger partial charge in [0.2, 0.25) is 11.8 Å². The monoisotopic (exact) mass is 748 g/mol. The van der Waals surface area contributed by atoms with Crippen LogP contribution in [0.25, 0.3) is 0 Å². The van der Waals surface area contributed by atoms with Gasteiger partial charge < -0.3 is 14.9 Å². The highest BCUT2D eigenvalue weighted by molar-refractivity contribution is 9.10. The van der Waals surface area contributed by atoms with Crippen molar-refractivity contribution in [3.05, 3.63) is 33.8 Å². The number of hydrogen-bond acceptors (Lipinski definition) is 7. The third-order valence-electron chi connectivity index (χ3n) is 8.98. The van der Waals surface area contributed by atoms with E-state index in [-0.39, 0.29) is 54.2 Å². The highest BCUT2D eigenvalue weighted by atomic mass is 79.9. The quantitative estimate of drug-likeness (QED) is 0.124. The number of benzene rings is 1. The number of carboxylic acids is 1. The summed E-state index contributed by atoms with van der Waals surface area (Å²) in [6, 6.07) is 3.12. The Morgan fingerprint density at radius 1 is 1.07 bits per heavy atom. The molecule has 226 valence electrons. The van der Waals surface area contributed by atoms with Crippen LogP contribution in [0.5, 0.6) is 11.5 Å². The standard InChI is InChI=1S/C28H28Br2Cl2N2O8/c1-42-18-10-13(30)9-16(22(18)37)21-14-6-7-15-20(24(39)33(23(15)38)8-4-2-3-5-19(35)36)17(14)11-27(31)25(40)34(12-29)26(41)28(21,27)32/h6,9-10,15,17,20-21,37H,2-5,7-8,11-12H2,1H3,(H,35,36). The Hall–Kier alpha value is -2.15. The average molecular weight is 751 g/mol. The largest absolute Gasteiger partial charge is 0.504 e. The normalized spacial score (nSPS) is 32.1. The zero-order valence-corrected chi connectivity index (χ0v) is 27.1. The number of unbranched alkanes of at least 4 members (excludes halogenated alkanes) is 2. The van der Waals surface area contributed by atoms with Crippen LogP contribution in [0.4, 0.5) is 0 Å². The van der Waals surface area contributed by atoms with Crippen LogP contribution in [0.1, 0.15) is 50.0 Å². The molecule has 2 saturated heterocycles. The summed E-state index contributed by atoms with van der Waals surface area (Å²) in [5.41, 5.74) is 0.594. The third kappa shape index (κ3) is 4.50. The first-order chi connectivity index (χ1) is 19.8. The topological polar surface area (TPSA) is 142 Å². The number of phenols is 1. The van der Waals surface area contributed by atoms with Gasteiger partial charge in [-0.1, -0.05) is 49.9 Å². The fourth-order valence-corrected chi connectivity index (χ4v) is 8.95. The smallest absolute Gasteiger partial charge is 0.303 e. The number of imide groups is 2. The van der Waals surface area contributed by atoms with Gasteiger partial charge in [0.15, 0.2) is 21.2 Å². The maximum Gasteiger partial charge on any atom is 0.303 e. The minimum absolute atomic E-state index is 0.00721. The molecular weight excluding hydrogens is 723 g/mol. The molecule has 42 heavy (non-hydrogen) atoms. The molecule has 1 aromatic carbocycles. The van der Waals surface area contributed by atoms with Gasteiger partial charge in [-0.2, -0.15) is 0 Å². The lowest BCUT2D eigenvalue weighted by atomic mass is 9.56. The number of rotatable bonds is 9. The van der Waals surface area contributed by atoms with Crippen molar-refractivity contribution in [1.82, 2.24) is 9.80 Å². The van der Waals surface area contributed by atoms with Crippen LogP contribution in [0.3, 0.4) is 0 Å². The SMILES string of the molecule is COc1cc(Br)cc(C2C3=CCC4C(=O)N(CCCCCC(=O)O)C(=O)C4C3CC3(Cl)C(=O)N(CBr)C(=O)C23Cl)c1O. The molecule has 1 aromatic rings. The lowest BCUT2D eigenvalue weighted by Gasteiger charge is -2.50. The van der Waals surface area contributed by atoms with Crippen LogP contribution in [0.2, 0.25) is 0 Å². The van der Waals surface area contributed by atoms with Crippen molar-refractivity contribution in [2.24, 2.45) is 17.8 Å². The van der Waals surface area contributed by atoms with Crippen molar-refractivity contribution >= 4 is 84.7 Å². The number of phenolic OH excluding ortho intramolecular Hbond substituents is 1. The Labute approximate surface area is 268 Å². The molecule has 3 fully saturated rings. The van der Waals surface area contributed by atoms with Gasteiger partial charge in [-0.05, 0) is 43.7 Å². The number of fused-ring (bicyclic) bond motifs is 4. The molecule has 14 heteroatoms. The number of alkyl halides is 3. The van der Waals surface area contributed by atoms with E-state index in [1.165, 1.54) is 12.0 Å². The van der Waals surface area contributed by atoms with Gasteiger partial charge >= 0.3 is 5.97 Å². The van der Waals surface area contributed by atoms with Crippen LogP contribution in [0, 0.1) is 17.8 Å². The van der Waals surface area contributed by atoms with E-state index in [4.69, 9.17) is 33.0 Å². The molecule has 0 aromatic heterocycles. The number of allylic oxidation sites excluding steroid dienone is 2. The molecule has 0 bridgehead atoms. The number of aliphatic carboxylic acids is 1. The number of nitrogens with zero attached hydrogens (tertiary/aromatic N) is 2. The van der Waals surface area contributed by atoms with Gasteiger partial charge in [0, 0.05) is 28.9 Å². The van der Waals surface area contributed by atoms with Gasteiger partial charge in [-0.3, -0.25) is 33.8 Å². The lowest BCUT2D eigenvalue weighted by Crippen LogP contribution is -2.60. The van der Waals surface area contributed by atoms with E-state index >= 15 is 0 Å². The molecule has 2 aliphatic heterocycles. The Bertz CT molecular complexity index is 1420. The molecule has 1 saturated carbocycles. The van der Waals surface area contributed by atoms with Crippen molar-refractivity contribution < 1.29 is 38.9 Å². The molecule has 2 heterocycles. The molecule has 4 aliphatic rings. The number of methoxy groups -OCH3 is 1. The van der Waals surface area contributed by atoms with Crippen molar-refractivity contribution in [3.8, 4) is 11.5 Å². The first-order valence-electron chi connectivity index (χ1n) is 13.5. The second-order valence-corrected chi connectivity index (χ2v) is 13.7.